The molecule has 3 aliphatic carbocycles. The third-order valence-corrected chi connectivity index (χ3v) is 4.90. The van der Waals surface area contributed by atoms with Crippen molar-refractivity contribution in [2.75, 3.05) is 0 Å². The van der Waals surface area contributed by atoms with Gasteiger partial charge < -0.3 is 0 Å². The molecule has 0 nitrogen and oxygen atoms in total. The second-order valence-corrected chi connectivity index (χ2v) is 6.51. The van der Waals surface area contributed by atoms with Crippen LogP contribution in [-0.2, 0) is 0 Å². The first-order chi connectivity index (χ1) is 10.9. The van der Waals surface area contributed by atoms with Crippen molar-refractivity contribution in [3.63, 3.8) is 0 Å². The largest absolute Gasteiger partial charge is 0.0845 e. The van der Waals surface area contributed by atoms with Gasteiger partial charge in [0.25, 0.3) is 0 Å². The summed E-state index contributed by atoms with van der Waals surface area (Å²) in [5, 5.41) is 0. The van der Waals surface area contributed by atoms with E-state index in [4.69, 9.17) is 0 Å². The fourth-order valence-corrected chi connectivity index (χ4v) is 3.71. The Labute approximate surface area is 135 Å². The van der Waals surface area contributed by atoms with E-state index in [0.29, 0.717) is 5.92 Å². The van der Waals surface area contributed by atoms with Gasteiger partial charge in [0.15, 0.2) is 0 Å². The first-order valence-electron chi connectivity index (χ1n) is 8.94. The Morgan fingerprint density at radius 3 is 2.86 bits per heavy atom. The van der Waals surface area contributed by atoms with Gasteiger partial charge in [0, 0.05) is 5.92 Å². The van der Waals surface area contributed by atoms with E-state index in [0.717, 1.165) is 12.8 Å². The maximum atomic E-state index is 3.80. The Balaban J connectivity index is 1.91. The van der Waals surface area contributed by atoms with Crippen LogP contribution in [0.25, 0.3) is 0 Å². The third-order valence-electron chi connectivity index (χ3n) is 4.90. The average Bonchev–Trinajstić information content (AvgIpc) is 2.92. The lowest BCUT2D eigenvalue weighted by Crippen LogP contribution is -2.12. The number of rotatable bonds is 2. The van der Waals surface area contributed by atoms with Gasteiger partial charge in [-0.05, 0) is 62.2 Å². The van der Waals surface area contributed by atoms with E-state index in [-0.39, 0.29) is 0 Å². The van der Waals surface area contributed by atoms with Gasteiger partial charge in [0.2, 0.25) is 0 Å². The highest BCUT2D eigenvalue weighted by molar-refractivity contribution is 5.42. The van der Waals surface area contributed by atoms with E-state index >= 15 is 0 Å². The molecule has 0 spiro atoms. The fraction of sp³-hybridized carbons (Fsp3) is 0.455. The topological polar surface area (TPSA) is 0 Å². The summed E-state index contributed by atoms with van der Waals surface area (Å²) in [6.07, 6.45) is 33.1. The minimum Gasteiger partial charge on any atom is -0.0845 e. The Kier molecular flexibility index (Phi) is 5.70. The molecule has 0 heterocycles. The first kappa shape index (κ1) is 15.3. The molecule has 0 amide bonds. The normalized spacial score (nSPS) is 28.5. The van der Waals surface area contributed by atoms with Crippen molar-refractivity contribution in [2.45, 2.75) is 57.8 Å². The molecule has 0 saturated heterocycles. The minimum atomic E-state index is 0.592. The zero-order valence-corrected chi connectivity index (χ0v) is 13.6. The smallest absolute Gasteiger partial charge is 0.00569 e. The molecule has 1 radical (unpaired) electrons. The van der Waals surface area contributed by atoms with E-state index in [1.54, 1.807) is 5.57 Å². The van der Waals surface area contributed by atoms with Gasteiger partial charge in [-0.25, -0.2) is 0 Å². The molecule has 3 rings (SSSR count). The molecule has 0 N–H and O–H groups in total. The maximum Gasteiger partial charge on any atom is 0.00569 e. The van der Waals surface area contributed by atoms with Crippen LogP contribution in [0.5, 0.6) is 0 Å². The van der Waals surface area contributed by atoms with E-state index < -0.39 is 0 Å². The Bertz CT molecular complexity index is 549. The maximum absolute atomic E-state index is 3.80. The molecule has 3 aliphatic rings. The average molecular weight is 291 g/mol. The zero-order valence-electron chi connectivity index (χ0n) is 13.6. The molecule has 22 heavy (non-hydrogen) atoms. The van der Waals surface area contributed by atoms with Crippen LogP contribution in [0.3, 0.4) is 0 Å². The van der Waals surface area contributed by atoms with Gasteiger partial charge in [0.05, 0.1) is 0 Å². The molecule has 0 aliphatic heterocycles. The molecule has 115 valence electrons. The second kappa shape index (κ2) is 8.17. The van der Waals surface area contributed by atoms with E-state index in [1.807, 2.05) is 0 Å². The molecule has 1 unspecified atom stereocenters. The first-order valence-corrected chi connectivity index (χ1v) is 8.94. The number of hydrogen-bond donors (Lipinski definition) is 0. The van der Waals surface area contributed by atoms with Gasteiger partial charge in [-0.2, -0.15) is 0 Å². The molecular formula is C22H27. The fourth-order valence-electron chi connectivity index (χ4n) is 3.71. The van der Waals surface area contributed by atoms with Crippen molar-refractivity contribution in [3.05, 3.63) is 71.4 Å². The lowest BCUT2D eigenvalue weighted by molar-refractivity contribution is 0.529. The molecule has 0 aromatic rings. The third kappa shape index (κ3) is 4.00. The Morgan fingerprint density at radius 1 is 0.864 bits per heavy atom. The van der Waals surface area contributed by atoms with Gasteiger partial charge in [-0.1, -0.05) is 67.0 Å². The van der Waals surface area contributed by atoms with E-state index in [2.05, 4.69) is 54.7 Å². The van der Waals surface area contributed by atoms with Crippen LogP contribution in [0.4, 0.5) is 0 Å². The van der Waals surface area contributed by atoms with Crippen molar-refractivity contribution < 1.29 is 0 Å². The Hall–Kier alpha value is -1.56. The zero-order chi connectivity index (χ0) is 15.0. The Morgan fingerprint density at radius 2 is 1.86 bits per heavy atom. The van der Waals surface area contributed by atoms with Crippen LogP contribution in [0.2, 0.25) is 0 Å². The van der Waals surface area contributed by atoms with Crippen LogP contribution in [0.1, 0.15) is 57.8 Å². The quantitative estimate of drug-likeness (QED) is 0.552. The molecule has 0 bridgehead atoms. The SMILES string of the molecule is [C]1=C(/C2=CC=CC=CC2)C(C2=CC=CCCC2)CCCCC/1. The van der Waals surface area contributed by atoms with E-state index in [1.165, 1.54) is 56.1 Å². The lowest BCUT2D eigenvalue weighted by Gasteiger charge is -2.26. The molecule has 0 aromatic carbocycles. The highest BCUT2D eigenvalue weighted by Gasteiger charge is 2.22. The highest BCUT2D eigenvalue weighted by Crippen LogP contribution is 2.37. The van der Waals surface area contributed by atoms with Crippen molar-refractivity contribution >= 4 is 0 Å². The van der Waals surface area contributed by atoms with Crippen molar-refractivity contribution in [1.29, 1.82) is 0 Å². The molecule has 0 saturated carbocycles. The predicted octanol–water partition coefficient (Wildman–Crippen LogP) is 6.41. The van der Waals surface area contributed by atoms with Crippen LogP contribution in [0.15, 0.2) is 65.3 Å². The summed E-state index contributed by atoms with van der Waals surface area (Å²) in [4.78, 5) is 0. The van der Waals surface area contributed by atoms with E-state index in [9.17, 15) is 0 Å². The lowest BCUT2D eigenvalue weighted by atomic mass is 9.78. The minimum absolute atomic E-state index is 0.592. The van der Waals surface area contributed by atoms with Gasteiger partial charge in [0.1, 0.15) is 0 Å². The summed E-state index contributed by atoms with van der Waals surface area (Å²) in [5.74, 6) is 0.592. The predicted molar refractivity (Wildman–Crippen MR) is 95.4 cm³/mol. The summed E-state index contributed by atoms with van der Waals surface area (Å²) in [7, 11) is 0. The standard InChI is InChI=1S/C22H27/c1-2-8-14-19(13-7-1)21-17-11-5-6-12-18-22(21)20-15-9-3-4-10-16-20/h1-3,7-9,13,15,22H,4-6,10-12,14,16,18H2. The molecule has 0 aromatic heterocycles. The van der Waals surface area contributed by atoms with Crippen LogP contribution in [-0.4, -0.2) is 0 Å². The van der Waals surface area contributed by atoms with Crippen molar-refractivity contribution in [2.24, 2.45) is 5.92 Å². The summed E-state index contributed by atoms with van der Waals surface area (Å²) in [6.45, 7) is 0. The summed E-state index contributed by atoms with van der Waals surface area (Å²) < 4.78 is 0. The molecule has 0 heteroatoms. The van der Waals surface area contributed by atoms with Gasteiger partial charge in [-0.15, -0.1) is 0 Å². The molecule has 0 fully saturated rings. The van der Waals surface area contributed by atoms with Gasteiger partial charge >= 0.3 is 0 Å². The monoisotopic (exact) mass is 291 g/mol. The summed E-state index contributed by atoms with van der Waals surface area (Å²) in [6, 6.07) is 0. The van der Waals surface area contributed by atoms with Gasteiger partial charge in [-0.3, -0.25) is 0 Å². The summed E-state index contributed by atoms with van der Waals surface area (Å²) in [5.41, 5.74) is 4.61. The summed E-state index contributed by atoms with van der Waals surface area (Å²) >= 11 is 0. The van der Waals surface area contributed by atoms with Crippen LogP contribution >= 0.6 is 0 Å². The molecule has 1 atom stereocenters. The van der Waals surface area contributed by atoms with Crippen molar-refractivity contribution in [1.82, 2.24) is 0 Å². The molecular weight excluding hydrogens is 264 g/mol. The van der Waals surface area contributed by atoms with Crippen LogP contribution in [0, 0.1) is 12.0 Å². The van der Waals surface area contributed by atoms with Crippen LogP contribution < -0.4 is 0 Å². The number of hydrogen-bond acceptors (Lipinski definition) is 0. The second-order valence-electron chi connectivity index (χ2n) is 6.51. The highest BCUT2D eigenvalue weighted by atomic mass is 14.3. The van der Waals surface area contributed by atoms with Crippen molar-refractivity contribution in [3.8, 4) is 0 Å². The number of allylic oxidation sites excluding steroid dienone is 12.